The van der Waals surface area contributed by atoms with Crippen molar-refractivity contribution in [3.8, 4) is 17.2 Å². The minimum atomic E-state index is -0.303. The number of rotatable bonds is 7. The number of benzene rings is 2. The highest BCUT2D eigenvalue weighted by atomic mass is 16.6. The van der Waals surface area contributed by atoms with Crippen molar-refractivity contribution in [1.29, 1.82) is 0 Å². The average Bonchev–Trinajstić information content (AvgIpc) is 3.13. The number of fused-ring (bicyclic) bond motifs is 1. The number of hydrogen-bond acceptors (Lipinski definition) is 6. The summed E-state index contributed by atoms with van der Waals surface area (Å²) < 4.78 is 16.3. The van der Waals surface area contributed by atoms with Gasteiger partial charge in [-0.2, -0.15) is 0 Å². The normalized spacial score (nSPS) is 16.9. The van der Waals surface area contributed by atoms with Crippen molar-refractivity contribution < 1.29 is 23.8 Å². The Balaban J connectivity index is 1.26. The van der Waals surface area contributed by atoms with Gasteiger partial charge >= 0.3 is 0 Å². The molecule has 2 aliphatic rings. The van der Waals surface area contributed by atoms with E-state index in [0.29, 0.717) is 62.9 Å². The number of carbonyl (C=O) groups is 2. The van der Waals surface area contributed by atoms with Crippen LogP contribution in [0.25, 0.3) is 0 Å². The molecule has 0 radical (unpaired) electrons. The lowest BCUT2D eigenvalue weighted by atomic mass is 10.1. The molecule has 8 nitrogen and oxygen atoms in total. The van der Waals surface area contributed by atoms with Crippen molar-refractivity contribution in [3.63, 3.8) is 0 Å². The lowest BCUT2D eigenvalue weighted by Crippen LogP contribution is -2.44. The smallest absolute Gasteiger partial charge is 0.241 e. The monoisotopic (exact) mass is 467 g/mol. The summed E-state index contributed by atoms with van der Waals surface area (Å²) in [7, 11) is 1.64. The van der Waals surface area contributed by atoms with Crippen LogP contribution in [0.2, 0.25) is 0 Å². The van der Waals surface area contributed by atoms with Gasteiger partial charge < -0.3 is 24.4 Å². The first kappa shape index (κ1) is 23.9. The lowest BCUT2D eigenvalue weighted by Gasteiger charge is -2.27. The maximum Gasteiger partial charge on any atom is 0.241 e. The van der Waals surface area contributed by atoms with Crippen LogP contribution in [-0.2, 0) is 16.0 Å². The van der Waals surface area contributed by atoms with E-state index in [1.165, 1.54) is 0 Å². The first-order valence-corrected chi connectivity index (χ1v) is 11.9. The summed E-state index contributed by atoms with van der Waals surface area (Å²) in [6, 6.07) is 13.0. The van der Waals surface area contributed by atoms with E-state index in [4.69, 9.17) is 14.2 Å². The highest BCUT2D eigenvalue weighted by Gasteiger charge is 2.26. The first-order valence-electron chi connectivity index (χ1n) is 11.9. The standard InChI is InChI=1S/C26H33N3O5/c1-19(26(31)27-21-7-10-23-24(18-21)34-17-16-33-23)28-12-3-13-29(15-14-28)25(30)11-6-20-4-8-22(32-2)9-5-20/h4-5,7-10,18-19H,3,6,11-17H2,1-2H3,(H,27,31). The van der Waals surface area contributed by atoms with Gasteiger partial charge in [0.25, 0.3) is 0 Å². The molecule has 0 aromatic heterocycles. The maximum absolute atomic E-state index is 12.9. The topological polar surface area (TPSA) is 80.3 Å². The Kier molecular flexibility index (Phi) is 7.90. The van der Waals surface area contributed by atoms with Crippen LogP contribution in [0.3, 0.4) is 0 Å². The predicted octanol–water partition coefficient (Wildman–Crippen LogP) is 2.96. The van der Waals surface area contributed by atoms with Gasteiger partial charge in [-0.25, -0.2) is 0 Å². The SMILES string of the molecule is COc1ccc(CCC(=O)N2CCCN(C(C)C(=O)Nc3ccc4c(c3)OCCO4)CC2)cc1. The fraction of sp³-hybridized carbons (Fsp3) is 0.462. The Morgan fingerprint density at radius 3 is 2.53 bits per heavy atom. The zero-order valence-electron chi connectivity index (χ0n) is 19.9. The zero-order valence-corrected chi connectivity index (χ0v) is 19.9. The molecule has 182 valence electrons. The quantitative estimate of drug-likeness (QED) is 0.675. The van der Waals surface area contributed by atoms with E-state index in [9.17, 15) is 9.59 Å². The van der Waals surface area contributed by atoms with Crippen molar-refractivity contribution in [1.82, 2.24) is 9.80 Å². The fourth-order valence-corrected chi connectivity index (χ4v) is 4.31. The molecule has 1 saturated heterocycles. The Morgan fingerprint density at radius 2 is 1.76 bits per heavy atom. The van der Waals surface area contributed by atoms with Gasteiger partial charge in [0.15, 0.2) is 11.5 Å². The Morgan fingerprint density at radius 1 is 1.00 bits per heavy atom. The number of amides is 2. The molecule has 1 N–H and O–H groups in total. The minimum Gasteiger partial charge on any atom is -0.497 e. The second-order valence-corrected chi connectivity index (χ2v) is 8.64. The van der Waals surface area contributed by atoms with E-state index in [2.05, 4.69) is 10.2 Å². The Bertz CT molecular complexity index is 994. The van der Waals surface area contributed by atoms with Gasteiger partial charge in [0.1, 0.15) is 19.0 Å². The number of ether oxygens (including phenoxy) is 3. The number of aryl methyl sites for hydroxylation is 1. The van der Waals surface area contributed by atoms with Crippen molar-refractivity contribution >= 4 is 17.5 Å². The van der Waals surface area contributed by atoms with Gasteiger partial charge in [0.2, 0.25) is 11.8 Å². The number of carbonyl (C=O) groups excluding carboxylic acids is 2. The van der Waals surface area contributed by atoms with Gasteiger partial charge in [-0.05, 0) is 49.6 Å². The van der Waals surface area contributed by atoms with Crippen LogP contribution in [-0.4, -0.2) is 74.2 Å². The number of anilines is 1. The number of nitrogens with one attached hydrogen (secondary N) is 1. The second-order valence-electron chi connectivity index (χ2n) is 8.64. The summed E-state index contributed by atoms with van der Waals surface area (Å²) in [5.41, 5.74) is 1.81. The van der Waals surface area contributed by atoms with Gasteiger partial charge in [0.05, 0.1) is 13.2 Å². The van der Waals surface area contributed by atoms with Crippen molar-refractivity contribution in [2.24, 2.45) is 0 Å². The molecule has 1 fully saturated rings. The highest BCUT2D eigenvalue weighted by Crippen LogP contribution is 2.32. The third-order valence-electron chi connectivity index (χ3n) is 6.41. The second kappa shape index (κ2) is 11.2. The molecular weight excluding hydrogens is 434 g/mol. The molecule has 0 spiro atoms. The van der Waals surface area contributed by atoms with E-state index in [1.807, 2.05) is 48.2 Å². The van der Waals surface area contributed by atoms with E-state index in [-0.39, 0.29) is 17.9 Å². The Labute approximate surface area is 200 Å². The molecule has 2 aliphatic heterocycles. The predicted molar refractivity (Wildman–Crippen MR) is 130 cm³/mol. The van der Waals surface area contributed by atoms with Crippen LogP contribution in [0, 0.1) is 0 Å². The first-order chi connectivity index (χ1) is 16.5. The van der Waals surface area contributed by atoms with E-state index in [1.54, 1.807) is 13.2 Å². The van der Waals surface area contributed by atoms with Gasteiger partial charge in [-0.1, -0.05) is 12.1 Å². The molecule has 4 rings (SSSR count). The van der Waals surface area contributed by atoms with E-state index in [0.717, 1.165) is 24.3 Å². The molecule has 0 bridgehead atoms. The van der Waals surface area contributed by atoms with Crippen molar-refractivity contribution in [3.05, 3.63) is 48.0 Å². The molecular formula is C26H33N3O5. The average molecular weight is 468 g/mol. The van der Waals surface area contributed by atoms with Gasteiger partial charge in [0, 0.05) is 44.4 Å². The maximum atomic E-state index is 12.9. The molecule has 34 heavy (non-hydrogen) atoms. The summed E-state index contributed by atoms with van der Waals surface area (Å²) in [4.78, 5) is 29.8. The molecule has 8 heteroatoms. The van der Waals surface area contributed by atoms with Crippen molar-refractivity contribution in [2.45, 2.75) is 32.2 Å². The summed E-state index contributed by atoms with van der Waals surface area (Å²) in [6.45, 7) is 5.74. The van der Waals surface area contributed by atoms with Crippen LogP contribution in [0.4, 0.5) is 5.69 Å². The van der Waals surface area contributed by atoms with Crippen LogP contribution < -0.4 is 19.5 Å². The molecule has 2 aromatic rings. The molecule has 2 aromatic carbocycles. The molecule has 1 unspecified atom stereocenters. The zero-order chi connectivity index (χ0) is 23.9. The molecule has 2 amide bonds. The third-order valence-corrected chi connectivity index (χ3v) is 6.41. The van der Waals surface area contributed by atoms with E-state index >= 15 is 0 Å². The van der Waals surface area contributed by atoms with Crippen LogP contribution in [0.15, 0.2) is 42.5 Å². The van der Waals surface area contributed by atoms with Crippen LogP contribution in [0.5, 0.6) is 17.2 Å². The number of hydrogen-bond donors (Lipinski definition) is 1. The van der Waals surface area contributed by atoms with Crippen LogP contribution in [0.1, 0.15) is 25.3 Å². The van der Waals surface area contributed by atoms with Crippen molar-refractivity contribution in [2.75, 3.05) is 51.8 Å². The van der Waals surface area contributed by atoms with E-state index < -0.39 is 0 Å². The summed E-state index contributed by atoms with van der Waals surface area (Å²) in [6.07, 6.45) is 2.03. The van der Waals surface area contributed by atoms with Gasteiger partial charge in [-0.15, -0.1) is 0 Å². The molecule has 1 atom stereocenters. The molecule has 2 heterocycles. The van der Waals surface area contributed by atoms with Crippen LogP contribution >= 0.6 is 0 Å². The molecule has 0 aliphatic carbocycles. The minimum absolute atomic E-state index is 0.0732. The number of nitrogens with zero attached hydrogens (tertiary/aromatic N) is 2. The summed E-state index contributed by atoms with van der Waals surface area (Å²) in [5, 5.41) is 2.98. The number of methoxy groups -OCH3 is 1. The molecule has 0 saturated carbocycles. The largest absolute Gasteiger partial charge is 0.497 e. The Hall–Kier alpha value is -3.26. The third kappa shape index (κ3) is 5.99. The summed E-state index contributed by atoms with van der Waals surface area (Å²) in [5.74, 6) is 2.24. The lowest BCUT2D eigenvalue weighted by molar-refractivity contribution is -0.131. The highest BCUT2D eigenvalue weighted by molar-refractivity contribution is 5.94. The fourth-order valence-electron chi connectivity index (χ4n) is 4.31. The van der Waals surface area contributed by atoms with Gasteiger partial charge in [-0.3, -0.25) is 14.5 Å². The summed E-state index contributed by atoms with van der Waals surface area (Å²) >= 11 is 0.